The van der Waals surface area contributed by atoms with Crippen LogP contribution in [0, 0.1) is 5.92 Å². The predicted octanol–water partition coefficient (Wildman–Crippen LogP) is 4.20. The Hall–Kier alpha value is -1.75. The lowest BCUT2D eigenvalue weighted by Gasteiger charge is -2.19. The Morgan fingerprint density at radius 2 is 1.87 bits per heavy atom. The summed E-state index contributed by atoms with van der Waals surface area (Å²) in [4.78, 5) is 13.7. The molecule has 168 valence electrons. The van der Waals surface area contributed by atoms with Crippen LogP contribution in [0.15, 0.2) is 35.5 Å². The smallest absolute Gasteiger partial charge is 0.299 e. The molecule has 1 aromatic carbocycles. The van der Waals surface area contributed by atoms with Crippen LogP contribution in [0.1, 0.15) is 38.0 Å². The molecule has 0 bridgehead atoms. The number of nitrogens with one attached hydrogen (secondary N) is 2. The van der Waals surface area contributed by atoms with Crippen LogP contribution in [-0.4, -0.2) is 32.7 Å². The number of hydrogen-bond donors (Lipinski definition) is 5. The van der Waals surface area contributed by atoms with Gasteiger partial charge in [-0.1, -0.05) is 67.3 Å². The van der Waals surface area contributed by atoms with Gasteiger partial charge in [0.05, 0.1) is 12.6 Å². The number of aromatic nitrogens is 3. The second-order valence-electron chi connectivity index (χ2n) is 7.67. The van der Waals surface area contributed by atoms with Crippen molar-refractivity contribution >= 4 is 52.0 Å². The lowest BCUT2D eigenvalue weighted by atomic mass is 10.0. The number of hydrogen-bond acceptors (Lipinski definition) is 8. The van der Waals surface area contributed by atoms with Crippen LogP contribution in [0.2, 0.25) is 0 Å². The van der Waals surface area contributed by atoms with Crippen LogP contribution in [0.3, 0.4) is 0 Å². The molecule has 3 rings (SSSR count). The highest BCUT2D eigenvalue weighted by molar-refractivity contribution is 7.99. The fourth-order valence-electron chi connectivity index (χ4n) is 3.04. The summed E-state index contributed by atoms with van der Waals surface area (Å²) in [5, 5.41) is 16.7. The van der Waals surface area contributed by atoms with Crippen molar-refractivity contribution < 1.29 is 9.67 Å². The van der Waals surface area contributed by atoms with E-state index in [1.165, 1.54) is 23.1 Å². The summed E-state index contributed by atoms with van der Waals surface area (Å²) in [6.07, 6.45) is 0.773. The van der Waals surface area contributed by atoms with Gasteiger partial charge in [0.1, 0.15) is 4.70 Å². The molecule has 0 aliphatic carbocycles. The first-order valence-electron chi connectivity index (χ1n) is 9.87. The third kappa shape index (κ3) is 6.86. The van der Waals surface area contributed by atoms with Crippen molar-refractivity contribution in [2.24, 2.45) is 16.9 Å². The van der Waals surface area contributed by atoms with Crippen LogP contribution in [0.5, 0.6) is 0 Å². The fraction of sp³-hybridized carbons (Fsp3) is 0.421. The molecule has 0 saturated carbocycles. The van der Waals surface area contributed by atoms with E-state index in [9.17, 15) is 9.67 Å². The van der Waals surface area contributed by atoms with Gasteiger partial charge in [-0.3, -0.25) is 20.7 Å². The molecule has 0 radical (unpaired) electrons. The third-order valence-electron chi connectivity index (χ3n) is 4.37. The summed E-state index contributed by atoms with van der Waals surface area (Å²) in [5.74, 6) is 0.967. The Morgan fingerprint density at radius 1 is 1.16 bits per heavy atom. The summed E-state index contributed by atoms with van der Waals surface area (Å²) in [7, 11) is -3.50. The zero-order valence-electron chi connectivity index (χ0n) is 17.6. The fourth-order valence-corrected chi connectivity index (χ4v) is 5.61. The zero-order chi connectivity index (χ0) is 22.6. The van der Waals surface area contributed by atoms with E-state index in [0.717, 1.165) is 12.0 Å². The van der Waals surface area contributed by atoms with E-state index >= 15 is 0 Å². The van der Waals surface area contributed by atoms with Gasteiger partial charge in [0.15, 0.2) is 21.8 Å². The van der Waals surface area contributed by atoms with Gasteiger partial charge in [-0.25, -0.2) is 9.97 Å². The summed E-state index contributed by atoms with van der Waals surface area (Å²) in [5.41, 5.74) is 12.5. The first-order chi connectivity index (χ1) is 14.6. The average Bonchev–Trinajstić information content (AvgIpc) is 3.08. The maximum Gasteiger partial charge on any atom is 0.299 e. The van der Waals surface area contributed by atoms with Crippen molar-refractivity contribution in [1.82, 2.24) is 15.0 Å². The molecule has 31 heavy (non-hydrogen) atoms. The van der Waals surface area contributed by atoms with Gasteiger partial charge >= 0.3 is 0 Å². The van der Waals surface area contributed by atoms with Gasteiger partial charge in [0.2, 0.25) is 0 Å². The first kappa shape index (κ1) is 23.9. The minimum Gasteiger partial charge on any atom is -0.394 e. The Bertz CT molecular complexity index is 1060. The molecule has 2 heterocycles. The molecule has 12 heteroatoms. The van der Waals surface area contributed by atoms with Crippen molar-refractivity contribution in [3.8, 4) is 0 Å². The van der Waals surface area contributed by atoms with Gasteiger partial charge < -0.3 is 10.4 Å². The number of nitrogens with zero attached hydrogens (tertiary/aromatic N) is 3. The monoisotopic (exact) mass is 481 g/mol. The number of aliphatic hydroxyl groups excluding tert-OH is 1. The molecule has 7 N–H and O–H groups in total. The second-order valence-corrected chi connectivity index (χ2v) is 11.6. The van der Waals surface area contributed by atoms with Crippen LogP contribution >= 0.6 is 30.7 Å². The van der Waals surface area contributed by atoms with Crippen molar-refractivity contribution in [2.75, 3.05) is 17.0 Å². The Kier molecular flexibility index (Phi) is 7.90. The molecule has 0 spiro atoms. The lowest BCUT2D eigenvalue weighted by molar-refractivity contribution is 0.259. The third-order valence-corrected chi connectivity index (χ3v) is 7.07. The van der Waals surface area contributed by atoms with E-state index in [1.807, 2.05) is 18.2 Å². The zero-order valence-corrected chi connectivity index (χ0v) is 20.2. The van der Waals surface area contributed by atoms with Gasteiger partial charge in [-0.05, 0) is 24.8 Å². The number of thioether (sulfide) groups is 1. The average molecular weight is 482 g/mol. The van der Waals surface area contributed by atoms with E-state index in [0.29, 0.717) is 32.4 Å². The molecule has 2 aromatic heterocycles. The summed E-state index contributed by atoms with van der Waals surface area (Å²) in [6.45, 7) is 6.25. The molecule has 0 amide bonds. The van der Waals surface area contributed by atoms with Crippen molar-refractivity contribution in [3.05, 3.63) is 35.9 Å². The van der Waals surface area contributed by atoms with Gasteiger partial charge in [0, 0.05) is 5.25 Å². The number of thiazole rings is 1. The van der Waals surface area contributed by atoms with Crippen molar-refractivity contribution in [2.45, 2.75) is 43.6 Å². The summed E-state index contributed by atoms with van der Waals surface area (Å²) in [6, 6.07) is 9.92. The normalized spacial score (nSPS) is 14.0. The second kappa shape index (κ2) is 10.2. The van der Waals surface area contributed by atoms with E-state index in [2.05, 4.69) is 53.3 Å². The molecule has 2 atom stereocenters. The number of benzene rings is 1. The quantitative estimate of drug-likeness (QED) is 0.162. The molecule has 0 aliphatic rings. The molecule has 0 aliphatic heterocycles. The Morgan fingerprint density at radius 3 is 2.48 bits per heavy atom. The minimum absolute atomic E-state index is 0.0305. The van der Waals surface area contributed by atoms with E-state index in [-0.39, 0.29) is 17.9 Å². The molecule has 3 aromatic rings. The van der Waals surface area contributed by atoms with Crippen LogP contribution < -0.4 is 21.4 Å². The summed E-state index contributed by atoms with van der Waals surface area (Å²) >= 11 is 2.73. The van der Waals surface area contributed by atoms with Crippen molar-refractivity contribution in [3.63, 3.8) is 0 Å². The number of rotatable bonds is 10. The largest absolute Gasteiger partial charge is 0.394 e. The van der Waals surface area contributed by atoms with E-state index in [4.69, 9.17) is 16.0 Å². The van der Waals surface area contributed by atoms with E-state index < -0.39 is 7.59 Å². The molecule has 0 saturated heterocycles. The van der Waals surface area contributed by atoms with Gasteiger partial charge in [0.25, 0.3) is 7.59 Å². The standard InChI is InChI=1S/C19H28N7O2PS2/c1-11(2)9-14(10-27)22-16-15-17(25-19(31-15)26-29(20,21)28)24-18(23-16)30-12(3)13-7-5-4-6-8-13/h4-8,11-12,14,27H,9-10H2,1-3H3,(H6,20,21,22,23,24,25,26,28)/t12-,14+/m0/s1. The Labute approximate surface area is 190 Å². The molecule has 0 unspecified atom stereocenters. The molecular weight excluding hydrogens is 453 g/mol. The molecule has 0 fully saturated rings. The molecular formula is C19H28N7O2PS2. The van der Waals surface area contributed by atoms with Crippen LogP contribution in [0.25, 0.3) is 10.3 Å². The molecule has 9 nitrogen and oxygen atoms in total. The highest BCUT2D eigenvalue weighted by Gasteiger charge is 2.20. The maximum absolute atomic E-state index is 11.8. The summed E-state index contributed by atoms with van der Waals surface area (Å²) < 4.78 is 12.5. The lowest BCUT2D eigenvalue weighted by Crippen LogP contribution is -2.26. The van der Waals surface area contributed by atoms with Crippen molar-refractivity contribution in [1.29, 1.82) is 0 Å². The maximum atomic E-state index is 11.8. The number of anilines is 2. The minimum atomic E-state index is -3.50. The van der Waals surface area contributed by atoms with Gasteiger partial charge in [-0.15, -0.1) is 0 Å². The first-order valence-corrected chi connectivity index (χ1v) is 13.4. The number of aliphatic hydroxyl groups is 1. The van der Waals surface area contributed by atoms with E-state index in [1.54, 1.807) is 0 Å². The predicted molar refractivity (Wildman–Crippen MR) is 129 cm³/mol. The number of nitrogens with two attached hydrogens (primary N) is 2. The number of fused-ring (bicyclic) bond motifs is 1. The highest BCUT2D eigenvalue weighted by Crippen LogP contribution is 2.39. The topological polar surface area (TPSA) is 152 Å². The van der Waals surface area contributed by atoms with Crippen LogP contribution in [0.4, 0.5) is 10.9 Å². The SMILES string of the molecule is CC(C)C[C@H](CO)Nc1nc(S[C@@H](C)c2ccccc2)nc2nc(NP(N)(N)=O)sc12. The van der Waals surface area contributed by atoms with Gasteiger partial charge in [-0.2, -0.15) is 4.98 Å². The van der Waals surface area contributed by atoms with Crippen LogP contribution in [-0.2, 0) is 4.57 Å². The highest BCUT2D eigenvalue weighted by atomic mass is 32.2. The Balaban J connectivity index is 1.97.